The zero-order valence-electron chi connectivity index (χ0n) is 18.0. The summed E-state index contributed by atoms with van der Waals surface area (Å²) >= 11 is 0. The molecular formula is C21H32ClNO5. The van der Waals surface area contributed by atoms with E-state index in [-0.39, 0.29) is 36.5 Å². The van der Waals surface area contributed by atoms with Crippen molar-refractivity contribution in [1.29, 1.82) is 0 Å². The Hall–Kier alpha value is -2.08. The largest absolute Gasteiger partial charge is 0.422 e. The van der Waals surface area contributed by atoms with Crippen molar-refractivity contribution in [3.63, 3.8) is 0 Å². The third-order valence-corrected chi connectivity index (χ3v) is 3.78. The van der Waals surface area contributed by atoms with Crippen molar-refractivity contribution in [2.24, 2.45) is 10.8 Å². The van der Waals surface area contributed by atoms with E-state index in [1.54, 1.807) is 59.7 Å². The van der Waals surface area contributed by atoms with Crippen LogP contribution in [-0.4, -0.2) is 30.8 Å². The molecule has 0 spiro atoms. The Bertz CT molecular complexity index is 702. The number of nitrogens with zero attached hydrogens (tertiary/aromatic N) is 1. The topological polar surface area (TPSA) is 72.9 Å². The molecule has 0 aliphatic rings. The van der Waals surface area contributed by atoms with Gasteiger partial charge >= 0.3 is 11.9 Å². The highest BCUT2D eigenvalue weighted by atomic mass is 35.5. The van der Waals surface area contributed by atoms with Gasteiger partial charge in [-0.1, -0.05) is 0 Å². The molecule has 158 valence electrons. The maximum absolute atomic E-state index is 12.4. The molecule has 6 nitrogen and oxygen atoms in total. The van der Waals surface area contributed by atoms with E-state index in [1.807, 2.05) is 18.7 Å². The van der Waals surface area contributed by atoms with Crippen LogP contribution in [0.25, 0.3) is 0 Å². The van der Waals surface area contributed by atoms with Gasteiger partial charge in [0, 0.05) is 17.8 Å². The van der Waals surface area contributed by atoms with Gasteiger partial charge in [0.05, 0.1) is 17.4 Å². The molecule has 0 saturated heterocycles. The third-order valence-electron chi connectivity index (χ3n) is 3.78. The number of ether oxygens (including phenoxy) is 2. The highest BCUT2D eigenvalue weighted by Gasteiger charge is 2.28. The first-order chi connectivity index (χ1) is 12.3. The Labute approximate surface area is 174 Å². The fraction of sp³-hybridized carbons (Fsp3) is 0.571. The van der Waals surface area contributed by atoms with E-state index in [9.17, 15) is 14.4 Å². The van der Waals surface area contributed by atoms with Crippen LogP contribution in [0.5, 0.6) is 11.5 Å². The van der Waals surface area contributed by atoms with Crippen molar-refractivity contribution >= 4 is 36.3 Å². The van der Waals surface area contributed by atoms with Crippen LogP contribution < -0.4 is 14.4 Å². The summed E-state index contributed by atoms with van der Waals surface area (Å²) in [6.07, 6.45) is 0.814. The van der Waals surface area contributed by atoms with Gasteiger partial charge in [-0.05, 0) is 67.5 Å². The zero-order valence-corrected chi connectivity index (χ0v) is 18.8. The van der Waals surface area contributed by atoms with Crippen molar-refractivity contribution < 1.29 is 23.9 Å². The van der Waals surface area contributed by atoms with Gasteiger partial charge in [-0.15, -0.1) is 12.4 Å². The zero-order chi connectivity index (χ0) is 21.0. The standard InChI is InChI=1S/C21H31NO5.ClH/c1-14(2)22(11-12-23)15-9-10-16(26-18(24)20(3,4)5)17(13-15)27-19(25)21(6,7)8;/h9-10,12-14H,11H2,1-8H3;1H. The van der Waals surface area contributed by atoms with Crippen molar-refractivity contribution in [2.45, 2.75) is 61.4 Å². The van der Waals surface area contributed by atoms with Crippen molar-refractivity contribution in [1.82, 2.24) is 0 Å². The first kappa shape index (κ1) is 25.9. The van der Waals surface area contributed by atoms with Gasteiger partial charge in [-0.25, -0.2) is 0 Å². The second kappa shape index (κ2) is 9.92. The molecule has 0 saturated carbocycles. The summed E-state index contributed by atoms with van der Waals surface area (Å²) in [5, 5.41) is 0. The van der Waals surface area contributed by atoms with Gasteiger partial charge in [-0.3, -0.25) is 9.59 Å². The first-order valence-corrected chi connectivity index (χ1v) is 9.06. The highest BCUT2D eigenvalue weighted by Crippen LogP contribution is 2.35. The van der Waals surface area contributed by atoms with Crippen LogP contribution in [0.4, 0.5) is 5.69 Å². The molecule has 1 rings (SSSR count). The quantitative estimate of drug-likeness (QED) is 0.390. The molecule has 1 aromatic rings. The second-order valence-corrected chi connectivity index (χ2v) is 8.82. The maximum atomic E-state index is 12.4. The summed E-state index contributed by atoms with van der Waals surface area (Å²) in [7, 11) is 0. The molecule has 7 heteroatoms. The molecule has 0 atom stereocenters. The van der Waals surface area contributed by atoms with Crippen LogP contribution in [0.2, 0.25) is 0 Å². The molecule has 0 N–H and O–H groups in total. The van der Waals surface area contributed by atoms with E-state index in [4.69, 9.17) is 9.47 Å². The number of anilines is 1. The fourth-order valence-electron chi connectivity index (χ4n) is 2.04. The number of rotatable bonds is 6. The van der Waals surface area contributed by atoms with Gasteiger partial charge < -0.3 is 19.2 Å². The molecule has 0 bridgehead atoms. The fourth-order valence-corrected chi connectivity index (χ4v) is 2.04. The summed E-state index contributed by atoms with van der Waals surface area (Å²) < 4.78 is 11.0. The van der Waals surface area contributed by atoms with Crippen molar-refractivity contribution in [2.75, 3.05) is 11.4 Å². The lowest BCUT2D eigenvalue weighted by atomic mass is 9.97. The molecule has 0 amide bonds. The van der Waals surface area contributed by atoms with Crippen LogP contribution in [0, 0.1) is 10.8 Å². The minimum Gasteiger partial charge on any atom is -0.422 e. The number of carbonyl (C=O) groups excluding carboxylic acids is 3. The minimum absolute atomic E-state index is 0. The average molecular weight is 414 g/mol. The molecule has 28 heavy (non-hydrogen) atoms. The van der Waals surface area contributed by atoms with Crippen molar-refractivity contribution in [3.8, 4) is 11.5 Å². The lowest BCUT2D eigenvalue weighted by Crippen LogP contribution is -2.32. The number of hydrogen-bond acceptors (Lipinski definition) is 6. The Morgan fingerprint density at radius 1 is 0.964 bits per heavy atom. The van der Waals surface area contributed by atoms with Crippen LogP contribution in [0.3, 0.4) is 0 Å². The van der Waals surface area contributed by atoms with E-state index in [0.717, 1.165) is 6.29 Å². The predicted octanol–water partition coefficient (Wildman–Crippen LogP) is 4.43. The number of esters is 2. The maximum Gasteiger partial charge on any atom is 0.316 e. The van der Waals surface area contributed by atoms with Gasteiger partial charge in [0.1, 0.15) is 6.29 Å². The molecule has 0 aliphatic carbocycles. The number of benzene rings is 1. The molecular weight excluding hydrogens is 382 g/mol. The van der Waals surface area contributed by atoms with E-state index in [1.165, 1.54) is 0 Å². The van der Waals surface area contributed by atoms with Gasteiger partial charge in [0.15, 0.2) is 11.5 Å². The lowest BCUT2D eigenvalue weighted by Gasteiger charge is -2.28. The van der Waals surface area contributed by atoms with Gasteiger partial charge in [-0.2, -0.15) is 0 Å². The Morgan fingerprint density at radius 3 is 1.82 bits per heavy atom. The Kier molecular flexibility index (Phi) is 9.18. The van der Waals surface area contributed by atoms with Gasteiger partial charge in [0.2, 0.25) is 0 Å². The van der Waals surface area contributed by atoms with E-state index < -0.39 is 22.8 Å². The molecule has 0 aromatic heterocycles. The minimum atomic E-state index is -0.720. The summed E-state index contributed by atoms with van der Waals surface area (Å²) in [5.41, 5.74) is -0.725. The summed E-state index contributed by atoms with van der Waals surface area (Å²) in [6, 6.07) is 5.01. The van der Waals surface area contributed by atoms with Crippen LogP contribution >= 0.6 is 12.4 Å². The van der Waals surface area contributed by atoms with Crippen molar-refractivity contribution in [3.05, 3.63) is 18.2 Å². The second-order valence-electron chi connectivity index (χ2n) is 8.82. The molecule has 0 aliphatic heterocycles. The van der Waals surface area contributed by atoms with E-state index >= 15 is 0 Å². The molecule has 0 unspecified atom stereocenters. The molecule has 0 fully saturated rings. The molecule has 1 aromatic carbocycles. The third kappa shape index (κ3) is 7.15. The smallest absolute Gasteiger partial charge is 0.316 e. The van der Waals surface area contributed by atoms with E-state index in [2.05, 4.69) is 0 Å². The number of aldehydes is 1. The first-order valence-electron chi connectivity index (χ1n) is 9.06. The highest BCUT2D eigenvalue weighted by molar-refractivity contribution is 5.85. The number of halogens is 1. The number of hydrogen-bond donors (Lipinski definition) is 0. The van der Waals surface area contributed by atoms with Crippen LogP contribution in [0.1, 0.15) is 55.4 Å². The monoisotopic (exact) mass is 413 g/mol. The van der Waals surface area contributed by atoms with E-state index in [0.29, 0.717) is 5.69 Å². The van der Waals surface area contributed by atoms with Gasteiger partial charge in [0.25, 0.3) is 0 Å². The predicted molar refractivity (Wildman–Crippen MR) is 112 cm³/mol. The molecule has 0 radical (unpaired) electrons. The summed E-state index contributed by atoms with van der Waals surface area (Å²) in [6.45, 7) is 14.6. The SMILES string of the molecule is CC(C)N(CC=O)c1ccc(OC(=O)C(C)(C)C)c(OC(=O)C(C)(C)C)c1.Cl. The van der Waals surface area contributed by atoms with Crippen LogP contribution in [0.15, 0.2) is 18.2 Å². The summed E-state index contributed by atoms with van der Waals surface area (Å²) in [4.78, 5) is 37.5. The summed E-state index contributed by atoms with van der Waals surface area (Å²) in [5.74, 6) is -0.552. The Morgan fingerprint density at radius 2 is 1.43 bits per heavy atom. The normalized spacial score (nSPS) is 11.5. The Balaban J connectivity index is 0.00000729. The van der Waals surface area contributed by atoms with Crippen LogP contribution in [-0.2, 0) is 14.4 Å². The number of carbonyl (C=O) groups is 3. The lowest BCUT2D eigenvalue weighted by molar-refractivity contribution is -0.145. The molecule has 0 heterocycles. The average Bonchev–Trinajstić information content (AvgIpc) is 2.52.